The van der Waals surface area contributed by atoms with E-state index in [1.807, 2.05) is 24.3 Å². The van der Waals surface area contributed by atoms with Gasteiger partial charge in [-0.3, -0.25) is 0 Å². The summed E-state index contributed by atoms with van der Waals surface area (Å²) >= 11 is 0. The molecule has 0 spiro atoms. The van der Waals surface area contributed by atoms with Gasteiger partial charge in [0, 0.05) is 11.1 Å². The van der Waals surface area contributed by atoms with Crippen LogP contribution in [0.15, 0.2) is 115 Å². The molecule has 6 rings (SSSR count). The molecule has 6 aromatic rings. The van der Waals surface area contributed by atoms with Gasteiger partial charge >= 0.3 is 7.82 Å². The Labute approximate surface area is 207 Å². The third kappa shape index (κ3) is 4.87. The van der Waals surface area contributed by atoms with E-state index >= 15 is 0 Å². The van der Waals surface area contributed by atoms with Crippen LogP contribution in [0.5, 0.6) is 5.75 Å². The van der Waals surface area contributed by atoms with E-state index in [4.69, 9.17) is 19.2 Å². The molecule has 0 amide bonds. The summed E-state index contributed by atoms with van der Waals surface area (Å²) in [5.41, 5.74) is 4.23. The monoisotopic (exact) mass is 494 g/mol. The molecule has 0 unspecified atom stereocenters. The van der Waals surface area contributed by atoms with Crippen LogP contribution in [0.1, 0.15) is 0 Å². The Hall–Kier alpha value is -3.99. The van der Waals surface area contributed by atoms with E-state index in [0.717, 1.165) is 43.8 Å². The van der Waals surface area contributed by atoms with Crippen LogP contribution in [0.25, 0.3) is 54.6 Å². The zero-order valence-electron chi connectivity index (χ0n) is 19.1. The average Bonchev–Trinajstić information content (AvgIpc) is 2.87. The molecule has 4 N–H and O–H groups in total. The minimum absolute atomic E-state index is 0.303. The quantitative estimate of drug-likeness (QED) is 0.190. The van der Waals surface area contributed by atoms with Gasteiger partial charge in [0.1, 0.15) is 5.75 Å². The minimum atomic E-state index is -4.64. The van der Waals surface area contributed by atoms with Gasteiger partial charge < -0.3 is 19.8 Å². The number of phenolic OH excluding ortho intramolecular Hbond substituents is 1. The van der Waals surface area contributed by atoms with Crippen molar-refractivity contribution in [3.05, 3.63) is 115 Å². The van der Waals surface area contributed by atoms with Crippen LogP contribution >= 0.6 is 7.82 Å². The number of phenols is 1. The first-order valence-electron chi connectivity index (χ1n) is 11.3. The topological polar surface area (TPSA) is 98.0 Å². The van der Waals surface area contributed by atoms with Gasteiger partial charge in [-0.25, -0.2) is 4.57 Å². The van der Waals surface area contributed by atoms with Crippen LogP contribution < -0.4 is 0 Å². The fraction of sp³-hybridized carbons (Fsp3) is 0. The maximum absolute atomic E-state index is 11.1. The first kappa shape index (κ1) is 23.7. The van der Waals surface area contributed by atoms with Crippen LogP contribution in [0, 0.1) is 0 Å². The lowest BCUT2D eigenvalue weighted by atomic mass is 9.86. The van der Waals surface area contributed by atoms with E-state index in [1.165, 1.54) is 10.8 Å². The Kier molecular flexibility index (Phi) is 6.31. The molecular formula is C30H23O5P. The Morgan fingerprint density at radius 3 is 1.61 bits per heavy atom. The van der Waals surface area contributed by atoms with E-state index in [1.54, 1.807) is 0 Å². The van der Waals surface area contributed by atoms with Crippen molar-refractivity contribution in [2.45, 2.75) is 0 Å². The second-order valence-electron chi connectivity index (χ2n) is 8.47. The van der Waals surface area contributed by atoms with Crippen LogP contribution in [0.2, 0.25) is 0 Å². The number of hydrogen-bond donors (Lipinski definition) is 4. The summed E-state index contributed by atoms with van der Waals surface area (Å²) in [7, 11) is -4.64. The molecule has 0 bridgehead atoms. The standard InChI is InChI=1S/C30H20O.H3O4P/c31-28-18-16-22-9-4-6-12-26(22)30(28)29-25-11-5-3-8-21(25)15-17-27(29)24-14-13-20-7-1-2-10-23(20)19-24;1-5(2,3)4/h1-19,31H;(H3,1,2,3,4). The predicted octanol–water partition coefficient (Wildman–Crippen LogP) is 7.26. The van der Waals surface area contributed by atoms with Crippen molar-refractivity contribution in [3.63, 3.8) is 0 Å². The minimum Gasteiger partial charge on any atom is -0.507 e. The van der Waals surface area contributed by atoms with Crippen molar-refractivity contribution in [2.75, 3.05) is 0 Å². The van der Waals surface area contributed by atoms with E-state index in [9.17, 15) is 5.11 Å². The Morgan fingerprint density at radius 1 is 0.500 bits per heavy atom. The maximum atomic E-state index is 11.1. The number of benzene rings is 6. The molecule has 0 fully saturated rings. The molecule has 0 aliphatic heterocycles. The van der Waals surface area contributed by atoms with Crippen molar-refractivity contribution in [3.8, 4) is 28.0 Å². The molecule has 0 aromatic heterocycles. The normalized spacial score (nSPS) is 11.4. The highest BCUT2D eigenvalue weighted by molar-refractivity contribution is 7.45. The Balaban J connectivity index is 0.000000489. The van der Waals surface area contributed by atoms with Gasteiger partial charge in [0.05, 0.1) is 0 Å². The number of fused-ring (bicyclic) bond motifs is 3. The highest BCUT2D eigenvalue weighted by Gasteiger charge is 2.17. The molecule has 0 radical (unpaired) electrons. The molecule has 0 saturated carbocycles. The lowest BCUT2D eigenvalue weighted by molar-refractivity contribution is 0.275. The first-order chi connectivity index (χ1) is 17.3. The third-order valence-corrected chi connectivity index (χ3v) is 6.15. The molecule has 5 nitrogen and oxygen atoms in total. The molecule has 0 saturated heterocycles. The van der Waals surface area contributed by atoms with Gasteiger partial charge in [0.2, 0.25) is 0 Å². The summed E-state index contributed by atoms with van der Waals surface area (Å²) in [6.07, 6.45) is 0. The van der Waals surface area contributed by atoms with E-state index < -0.39 is 7.82 Å². The SMILES string of the molecule is O=P(O)(O)O.Oc1ccc2ccccc2c1-c1c(-c2ccc3ccccc3c2)ccc2ccccc12. The van der Waals surface area contributed by atoms with Crippen molar-refractivity contribution < 1.29 is 24.4 Å². The van der Waals surface area contributed by atoms with E-state index in [0.29, 0.717) is 5.75 Å². The maximum Gasteiger partial charge on any atom is 0.466 e. The third-order valence-electron chi connectivity index (χ3n) is 6.15. The molecule has 6 aromatic carbocycles. The zero-order valence-corrected chi connectivity index (χ0v) is 20.0. The number of phosphoric acid groups is 1. The van der Waals surface area contributed by atoms with E-state index in [-0.39, 0.29) is 0 Å². The number of aromatic hydroxyl groups is 1. The number of rotatable bonds is 2. The Bertz CT molecular complexity index is 1760. The van der Waals surface area contributed by atoms with Crippen molar-refractivity contribution in [2.24, 2.45) is 0 Å². The second-order valence-corrected chi connectivity index (χ2v) is 9.49. The van der Waals surface area contributed by atoms with Crippen molar-refractivity contribution in [1.82, 2.24) is 0 Å². The molecule has 0 atom stereocenters. The zero-order chi connectivity index (χ0) is 25.3. The van der Waals surface area contributed by atoms with Gasteiger partial charge in [-0.2, -0.15) is 0 Å². The van der Waals surface area contributed by atoms with Gasteiger partial charge in [-0.1, -0.05) is 103 Å². The molecule has 178 valence electrons. The fourth-order valence-electron chi connectivity index (χ4n) is 4.66. The summed E-state index contributed by atoms with van der Waals surface area (Å²) in [6, 6.07) is 39.8. The summed E-state index contributed by atoms with van der Waals surface area (Å²) in [5, 5.41) is 18.0. The second kappa shape index (κ2) is 9.57. The molecule has 6 heteroatoms. The summed E-state index contributed by atoms with van der Waals surface area (Å²) < 4.78 is 8.88. The highest BCUT2D eigenvalue weighted by Crippen LogP contribution is 2.45. The van der Waals surface area contributed by atoms with Crippen LogP contribution in [0.4, 0.5) is 0 Å². The van der Waals surface area contributed by atoms with Gasteiger partial charge in [-0.05, 0) is 55.6 Å². The molecule has 0 aliphatic carbocycles. The van der Waals surface area contributed by atoms with Crippen LogP contribution in [-0.4, -0.2) is 19.8 Å². The van der Waals surface area contributed by atoms with Crippen molar-refractivity contribution in [1.29, 1.82) is 0 Å². The molecule has 0 aliphatic rings. The highest BCUT2D eigenvalue weighted by atomic mass is 31.2. The van der Waals surface area contributed by atoms with Crippen LogP contribution in [0.3, 0.4) is 0 Å². The van der Waals surface area contributed by atoms with Gasteiger partial charge in [0.15, 0.2) is 0 Å². The Morgan fingerprint density at radius 2 is 0.972 bits per heavy atom. The first-order valence-corrected chi connectivity index (χ1v) is 12.9. The molecular weight excluding hydrogens is 471 g/mol. The molecule has 0 heterocycles. The van der Waals surface area contributed by atoms with E-state index in [2.05, 4.69) is 91.0 Å². The fourth-order valence-corrected chi connectivity index (χ4v) is 4.66. The summed E-state index contributed by atoms with van der Waals surface area (Å²) in [5.74, 6) is 0.303. The lowest BCUT2D eigenvalue weighted by Crippen LogP contribution is -1.90. The number of hydrogen-bond acceptors (Lipinski definition) is 2. The smallest absolute Gasteiger partial charge is 0.466 e. The summed E-state index contributed by atoms with van der Waals surface area (Å²) in [4.78, 5) is 21.6. The van der Waals surface area contributed by atoms with Gasteiger partial charge in [-0.15, -0.1) is 0 Å². The lowest BCUT2D eigenvalue weighted by Gasteiger charge is -2.17. The average molecular weight is 494 g/mol. The predicted molar refractivity (Wildman–Crippen MR) is 146 cm³/mol. The largest absolute Gasteiger partial charge is 0.507 e. The van der Waals surface area contributed by atoms with Crippen LogP contribution in [-0.2, 0) is 4.57 Å². The van der Waals surface area contributed by atoms with Crippen molar-refractivity contribution >= 4 is 40.1 Å². The van der Waals surface area contributed by atoms with Gasteiger partial charge in [0.25, 0.3) is 0 Å². The molecule has 36 heavy (non-hydrogen) atoms. The summed E-state index contributed by atoms with van der Waals surface area (Å²) in [6.45, 7) is 0.